The zero-order valence-corrected chi connectivity index (χ0v) is 36.6. The third-order valence-electron chi connectivity index (χ3n) is 10.6. The number of hydrogen-bond acceptors (Lipinski definition) is 11. The van der Waals surface area contributed by atoms with Crippen molar-refractivity contribution in [2.24, 2.45) is 0 Å². The molecule has 4 aromatic heterocycles. The number of nitrogens with one attached hydrogen (secondary N) is 5. The zero-order valence-electron chi connectivity index (χ0n) is 37.6. The SMILES string of the molecule is O=C(Nc1ccc2[nH]nc(-c3ccncc3)c2c1)C1CN(Cc2ccccc2F)CCO1.O=C(Nc1ccc2[nH]nc(-c3ccncc3)c2c1)C1CNCCO1.O=Cc1ccccc1F.[2H]CC. The Morgan fingerprint density at radius 1 is 0.746 bits per heavy atom. The van der Waals surface area contributed by atoms with Gasteiger partial charge in [0.15, 0.2) is 6.29 Å². The normalized spacial score (nSPS) is 15.9. The minimum atomic E-state index is -0.629. The summed E-state index contributed by atoms with van der Waals surface area (Å²) in [5.41, 5.74) is 7.43. The highest BCUT2D eigenvalue weighted by atomic mass is 19.1. The van der Waals surface area contributed by atoms with Crippen LogP contribution in [0.25, 0.3) is 44.3 Å². The second-order valence-corrected chi connectivity index (χ2v) is 15.0. The third kappa shape index (κ3) is 12.4. The van der Waals surface area contributed by atoms with E-state index < -0.39 is 18.0 Å². The van der Waals surface area contributed by atoms with Gasteiger partial charge in [0.1, 0.15) is 35.2 Å². The van der Waals surface area contributed by atoms with Crippen LogP contribution >= 0.6 is 0 Å². The lowest BCUT2D eigenvalue weighted by atomic mass is 10.1. The highest BCUT2D eigenvalue weighted by Gasteiger charge is 2.28. The first-order valence-corrected chi connectivity index (χ1v) is 21.5. The van der Waals surface area contributed by atoms with E-state index in [9.17, 15) is 23.2 Å². The fourth-order valence-corrected chi connectivity index (χ4v) is 7.27. The molecule has 2 saturated heterocycles. The maximum Gasteiger partial charge on any atom is 0.254 e. The van der Waals surface area contributed by atoms with Crippen LogP contribution in [-0.2, 0) is 25.6 Å². The van der Waals surface area contributed by atoms with Crippen molar-refractivity contribution in [2.75, 3.05) is 50.0 Å². The van der Waals surface area contributed by atoms with Crippen molar-refractivity contribution in [3.8, 4) is 22.5 Å². The fourth-order valence-electron chi connectivity index (χ4n) is 7.27. The van der Waals surface area contributed by atoms with Gasteiger partial charge < -0.3 is 25.4 Å². The number of amides is 2. The molecule has 2 unspecified atom stereocenters. The Morgan fingerprint density at radius 2 is 1.28 bits per heavy atom. The summed E-state index contributed by atoms with van der Waals surface area (Å²) in [6.45, 7) is 6.05. The molecule has 6 heterocycles. The summed E-state index contributed by atoms with van der Waals surface area (Å²) in [6.07, 6.45) is 6.30. The maximum atomic E-state index is 14.0. The molecule has 2 amide bonds. The molecule has 17 heteroatoms. The van der Waals surface area contributed by atoms with Crippen molar-refractivity contribution in [2.45, 2.75) is 32.6 Å². The van der Waals surface area contributed by atoms with Gasteiger partial charge in [0.25, 0.3) is 11.8 Å². The first kappa shape index (κ1) is 46.0. The Bertz CT molecular complexity index is 2900. The van der Waals surface area contributed by atoms with Gasteiger partial charge in [0, 0.05) is 97.7 Å². The lowest BCUT2D eigenvalue weighted by Gasteiger charge is -2.32. The van der Waals surface area contributed by atoms with Crippen LogP contribution in [0.5, 0.6) is 0 Å². The van der Waals surface area contributed by atoms with Crippen LogP contribution in [0.15, 0.2) is 134 Å². The average Bonchev–Trinajstić information content (AvgIpc) is 4.01. The van der Waals surface area contributed by atoms with Crippen LogP contribution < -0.4 is 16.0 Å². The lowest BCUT2D eigenvalue weighted by Crippen LogP contribution is -2.47. The van der Waals surface area contributed by atoms with Gasteiger partial charge in [-0.2, -0.15) is 10.2 Å². The van der Waals surface area contributed by atoms with E-state index in [0.29, 0.717) is 63.8 Å². The molecule has 344 valence electrons. The molecular formula is C50H50F2N10O5. The standard InChI is InChI=1S/C24H22FN5O2.C17H17N5O2.C7H5FO.C2H6/c25-20-4-2-1-3-17(20)14-30-11-12-32-22(15-30)24(31)27-18-5-6-21-19(13-18)23(29-28-21)16-7-9-26-10-8-16;23-17(15-10-19-7-8-24-15)20-12-1-2-14-13(9-12)16(22-21-14)11-3-5-18-6-4-11;8-7-4-2-1-3-6(7)5-9;1-2/h1-10,13,22H,11-12,14-15H2,(H,27,31)(H,28,29);1-6,9,15,19H,7-8,10H2,(H,20,23)(H,21,22);1-5H;1-2H3/i;;;1D. The molecule has 4 aromatic carbocycles. The summed E-state index contributed by atoms with van der Waals surface area (Å²) in [5.74, 6) is -1.07. The van der Waals surface area contributed by atoms with Gasteiger partial charge in [-0.1, -0.05) is 44.2 Å². The molecule has 2 fully saturated rings. The molecule has 0 radical (unpaired) electrons. The van der Waals surface area contributed by atoms with Gasteiger partial charge in [-0.25, -0.2) is 8.78 Å². The highest BCUT2D eigenvalue weighted by Crippen LogP contribution is 2.30. The molecule has 2 aliphatic rings. The van der Waals surface area contributed by atoms with E-state index >= 15 is 0 Å². The van der Waals surface area contributed by atoms with Crippen molar-refractivity contribution in [1.82, 2.24) is 40.6 Å². The molecule has 67 heavy (non-hydrogen) atoms. The van der Waals surface area contributed by atoms with E-state index in [1.54, 1.807) is 56.0 Å². The molecule has 0 saturated carbocycles. The monoisotopic (exact) mass is 909 g/mol. The summed E-state index contributed by atoms with van der Waals surface area (Å²) in [6, 6.07) is 31.4. The highest BCUT2D eigenvalue weighted by molar-refractivity contribution is 6.01. The number of carbonyl (C=O) groups is 3. The van der Waals surface area contributed by atoms with Crippen molar-refractivity contribution in [3.63, 3.8) is 0 Å². The molecule has 2 atom stereocenters. The number of carbonyl (C=O) groups excluding carboxylic acids is 3. The average molecular weight is 910 g/mol. The Kier molecular flexibility index (Phi) is 16.2. The summed E-state index contributed by atoms with van der Waals surface area (Å²) in [5, 5.41) is 25.7. The van der Waals surface area contributed by atoms with E-state index in [1.165, 1.54) is 18.2 Å². The molecule has 8 aromatic rings. The Morgan fingerprint density at radius 3 is 1.81 bits per heavy atom. The van der Waals surface area contributed by atoms with Crippen molar-refractivity contribution >= 4 is 51.3 Å². The number of aromatic nitrogens is 6. The number of morpholine rings is 2. The van der Waals surface area contributed by atoms with Crippen LogP contribution in [-0.4, -0.2) is 105 Å². The molecule has 15 nitrogen and oxygen atoms in total. The molecule has 0 spiro atoms. The topological polar surface area (TPSA) is 192 Å². The third-order valence-corrected chi connectivity index (χ3v) is 10.6. The number of anilines is 2. The minimum absolute atomic E-state index is 0.109. The van der Waals surface area contributed by atoms with Gasteiger partial charge in [-0.15, -0.1) is 0 Å². The summed E-state index contributed by atoms with van der Waals surface area (Å²) >= 11 is 0. The van der Waals surface area contributed by atoms with E-state index in [0.717, 1.165) is 56.6 Å². The van der Waals surface area contributed by atoms with Crippen molar-refractivity contribution in [1.29, 1.82) is 0 Å². The van der Waals surface area contributed by atoms with Gasteiger partial charge in [-0.05, 0) is 78.9 Å². The van der Waals surface area contributed by atoms with Crippen LogP contribution in [0.3, 0.4) is 0 Å². The smallest absolute Gasteiger partial charge is 0.254 e. The van der Waals surface area contributed by atoms with Crippen molar-refractivity contribution < 1.29 is 34.0 Å². The van der Waals surface area contributed by atoms with Crippen LogP contribution in [0.1, 0.15) is 31.1 Å². The number of pyridine rings is 2. The molecule has 10 rings (SSSR count). The van der Waals surface area contributed by atoms with E-state index in [1.807, 2.05) is 71.6 Å². The first-order chi connectivity index (χ1) is 33.2. The first-order valence-electron chi connectivity index (χ1n) is 22.2. The quantitative estimate of drug-likeness (QED) is 0.0888. The number of fused-ring (bicyclic) bond motifs is 2. The summed E-state index contributed by atoms with van der Waals surface area (Å²) in [4.78, 5) is 45.3. The maximum absolute atomic E-state index is 14.0. The molecule has 2 aliphatic heterocycles. The van der Waals surface area contributed by atoms with Crippen molar-refractivity contribution in [3.05, 3.63) is 157 Å². The van der Waals surface area contributed by atoms with Gasteiger partial charge in [0.05, 0.1) is 29.8 Å². The lowest BCUT2D eigenvalue weighted by molar-refractivity contribution is -0.133. The molecular weight excluding hydrogens is 859 g/mol. The van der Waals surface area contributed by atoms with Crippen LogP contribution in [0.2, 0.25) is 0 Å². The van der Waals surface area contributed by atoms with Gasteiger partial charge >= 0.3 is 0 Å². The Labute approximate surface area is 386 Å². The number of benzene rings is 4. The predicted molar refractivity (Wildman–Crippen MR) is 253 cm³/mol. The predicted octanol–water partition coefficient (Wildman–Crippen LogP) is 7.82. The number of hydrogen-bond donors (Lipinski definition) is 5. The second-order valence-electron chi connectivity index (χ2n) is 15.0. The molecule has 0 bridgehead atoms. The summed E-state index contributed by atoms with van der Waals surface area (Å²) in [7, 11) is 0. The molecule has 0 aliphatic carbocycles. The second kappa shape index (κ2) is 23.6. The van der Waals surface area contributed by atoms with E-state index in [4.69, 9.17) is 10.8 Å². The molecule has 5 N–H and O–H groups in total. The number of nitrogens with zero attached hydrogens (tertiary/aromatic N) is 5. The number of aromatic amines is 2. The number of ether oxygens (including phenoxy) is 2. The minimum Gasteiger partial charge on any atom is -0.366 e. The Balaban J connectivity index is 0.000000166. The Hall–Kier alpha value is -7.57. The largest absolute Gasteiger partial charge is 0.366 e. The number of halogens is 2. The van der Waals surface area contributed by atoms with Crippen LogP contribution in [0, 0.1) is 11.6 Å². The fraction of sp³-hybridized carbons (Fsp3) is 0.220. The number of rotatable bonds is 9. The summed E-state index contributed by atoms with van der Waals surface area (Å²) < 4.78 is 43.7. The number of H-pyrrole nitrogens is 2. The number of aldehydes is 1. The van der Waals surface area contributed by atoms with E-state index in [2.05, 4.69) is 46.3 Å². The van der Waals surface area contributed by atoms with Gasteiger partial charge in [-0.3, -0.25) is 39.4 Å². The zero-order chi connectivity index (χ0) is 47.7. The van der Waals surface area contributed by atoms with E-state index in [-0.39, 0.29) is 23.2 Å². The van der Waals surface area contributed by atoms with Crippen LogP contribution in [0.4, 0.5) is 20.2 Å². The van der Waals surface area contributed by atoms with Gasteiger partial charge in [0.2, 0.25) is 0 Å².